The summed E-state index contributed by atoms with van der Waals surface area (Å²) in [4.78, 5) is 27.6. The summed E-state index contributed by atoms with van der Waals surface area (Å²) in [6.07, 6.45) is 0. The van der Waals surface area contributed by atoms with Gasteiger partial charge in [-0.2, -0.15) is 0 Å². The highest BCUT2D eigenvalue weighted by molar-refractivity contribution is 6.34. The average molecular weight is 267 g/mol. The Morgan fingerprint density at radius 2 is 2.22 bits per heavy atom. The second kappa shape index (κ2) is 4.78. The smallest absolute Gasteiger partial charge is 0.362 e. The van der Waals surface area contributed by atoms with Gasteiger partial charge in [-0.25, -0.2) is 9.78 Å². The molecule has 0 saturated carbocycles. The Balaban J connectivity index is 2.77. The molecule has 0 bridgehead atoms. The minimum Gasteiger partial charge on any atom is -0.461 e. The fraction of sp³-hybridized carbons (Fsp3) is 0.250. The second-order valence-electron chi connectivity index (χ2n) is 3.65. The Morgan fingerprint density at radius 1 is 1.50 bits per heavy atom. The molecule has 0 unspecified atom stereocenters. The van der Waals surface area contributed by atoms with Gasteiger partial charge in [0, 0.05) is 7.05 Å². The molecule has 0 amide bonds. The monoisotopic (exact) mass is 266 g/mol. The first-order valence-electron chi connectivity index (χ1n) is 5.38. The number of hydrogen-bond donors (Lipinski definition) is 0. The molecule has 5 nitrogen and oxygen atoms in total. The molecular weight excluding hydrogens is 256 g/mol. The average Bonchev–Trinajstić information content (AvgIpc) is 2.34. The van der Waals surface area contributed by atoms with E-state index < -0.39 is 11.5 Å². The third kappa shape index (κ3) is 1.97. The highest BCUT2D eigenvalue weighted by Gasteiger charge is 2.17. The van der Waals surface area contributed by atoms with Crippen LogP contribution in [0, 0.1) is 0 Å². The van der Waals surface area contributed by atoms with Gasteiger partial charge in [0.25, 0.3) is 5.56 Å². The van der Waals surface area contributed by atoms with Gasteiger partial charge in [0.05, 0.1) is 17.1 Å². The van der Waals surface area contributed by atoms with Crippen molar-refractivity contribution >= 4 is 28.6 Å². The maximum Gasteiger partial charge on any atom is 0.362 e. The van der Waals surface area contributed by atoms with E-state index in [-0.39, 0.29) is 12.3 Å². The van der Waals surface area contributed by atoms with Gasteiger partial charge in [-0.1, -0.05) is 17.7 Å². The number of para-hydroxylation sites is 1. The number of fused-ring (bicyclic) bond motifs is 1. The topological polar surface area (TPSA) is 61.2 Å². The summed E-state index contributed by atoms with van der Waals surface area (Å²) in [5.41, 5.74) is 0.230. The fourth-order valence-electron chi connectivity index (χ4n) is 1.65. The van der Waals surface area contributed by atoms with Crippen LogP contribution in [0.25, 0.3) is 11.0 Å². The van der Waals surface area contributed by atoms with Crippen LogP contribution in [0.5, 0.6) is 0 Å². The molecule has 0 aliphatic carbocycles. The van der Waals surface area contributed by atoms with Gasteiger partial charge in [-0.3, -0.25) is 4.79 Å². The maximum atomic E-state index is 12.0. The summed E-state index contributed by atoms with van der Waals surface area (Å²) in [6.45, 7) is 1.85. The summed E-state index contributed by atoms with van der Waals surface area (Å²) in [7, 11) is 1.56. The van der Waals surface area contributed by atoms with E-state index in [4.69, 9.17) is 16.3 Å². The van der Waals surface area contributed by atoms with E-state index in [1.54, 1.807) is 32.2 Å². The minimum atomic E-state index is -0.736. The largest absolute Gasteiger partial charge is 0.461 e. The number of esters is 1. The summed E-state index contributed by atoms with van der Waals surface area (Å²) in [6, 6.07) is 5.08. The molecule has 0 aliphatic rings. The van der Waals surface area contributed by atoms with Gasteiger partial charge in [-0.15, -0.1) is 0 Å². The molecule has 0 N–H and O–H groups in total. The summed E-state index contributed by atoms with van der Waals surface area (Å²) < 4.78 is 6.13. The first-order chi connectivity index (χ1) is 8.56. The lowest BCUT2D eigenvalue weighted by Crippen LogP contribution is -2.27. The maximum absolute atomic E-state index is 12.0. The van der Waals surface area contributed by atoms with Crippen molar-refractivity contribution in [2.45, 2.75) is 6.92 Å². The number of aromatic nitrogens is 2. The Bertz CT molecular complexity index is 679. The van der Waals surface area contributed by atoms with Crippen LogP contribution in [-0.2, 0) is 11.8 Å². The molecule has 0 radical (unpaired) electrons. The Kier molecular flexibility index (Phi) is 3.34. The summed E-state index contributed by atoms with van der Waals surface area (Å²) >= 11 is 6.01. The van der Waals surface area contributed by atoms with Crippen molar-refractivity contribution in [3.05, 3.63) is 39.3 Å². The van der Waals surface area contributed by atoms with E-state index in [9.17, 15) is 9.59 Å². The van der Waals surface area contributed by atoms with E-state index in [2.05, 4.69) is 4.98 Å². The third-order valence-electron chi connectivity index (χ3n) is 2.53. The van der Waals surface area contributed by atoms with Crippen molar-refractivity contribution in [2.75, 3.05) is 6.61 Å². The lowest BCUT2D eigenvalue weighted by molar-refractivity contribution is 0.0517. The third-order valence-corrected chi connectivity index (χ3v) is 2.83. The first-order valence-corrected chi connectivity index (χ1v) is 5.76. The van der Waals surface area contributed by atoms with Crippen molar-refractivity contribution < 1.29 is 9.53 Å². The Morgan fingerprint density at radius 3 is 2.89 bits per heavy atom. The lowest BCUT2D eigenvalue weighted by atomic mass is 10.2. The molecule has 1 heterocycles. The molecule has 1 aromatic carbocycles. The molecule has 1 aromatic heterocycles. The summed E-state index contributed by atoms with van der Waals surface area (Å²) in [5.74, 6) is -0.736. The van der Waals surface area contributed by atoms with E-state index in [0.717, 1.165) is 0 Å². The Labute approximate surface area is 108 Å². The van der Waals surface area contributed by atoms with E-state index in [1.807, 2.05) is 0 Å². The zero-order valence-electron chi connectivity index (χ0n) is 9.94. The summed E-state index contributed by atoms with van der Waals surface area (Å²) in [5, 5.41) is 0.383. The molecular formula is C12H11ClN2O3. The molecule has 94 valence electrons. The fourth-order valence-corrected chi connectivity index (χ4v) is 1.86. The van der Waals surface area contributed by atoms with E-state index >= 15 is 0 Å². The first kappa shape index (κ1) is 12.6. The molecule has 0 spiro atoms. The number of carbonyl (C=O) groups is 1. The number of rotatable bonds is 2. The van der Waals surface area contributed by atoms with Crippen molar-refractivity contribution in [1.82, 2.24) is 9.55 Å². The van der Waals surface area contributed by atoms with Crippen molar-refractivity contribution in [3.8, 4) is 0 Å². The van der Waals surface area contributed by atoms with Crippen LogP contribution in [0.3, 0.4) is 0 Å². The molecule has 2 aromatic rings. The molecule has 0 saturated heterocycles. The normalized spacial score (nSPS) is 10.6. The van der Waals surface area contributed by atoms with Crippen LogP contribution in [0.15, 0.2) is 23.0 Å². The number of ether oxygens (including phenoxy) is 1. The van der Waals surface area contributed by atoms with E-state index in [0.29, 0.717) is 16.1 Å². The van der Waals surface area contributed by atoms with Gasteiger partial charge in [-0.05, 0) is 19.1 Å². The van der Waals surface area contributed by atoms with Gasteiger partial charge < -0.3 is 9.30 Å². The molecule has 6 heteroatoms. The van der Waals surface area contributed by atoms with Crippen molar-refractivity contribution in [1.29, 1.82) is 0 Å². The van der Waals surface area contributed by atoms with Crippen LogP contribution in [-0.4, -0.2) is 22.1 Å². The SMILES string of the molecule is CCOC(=O)c1nc2c(Cl)cccc2n(C)c1=O. The predicted octanol–water partition coefficient (Wildman–Crippen LogP) is 1.76. The standard InChI is InChI=1S/C12H11ClN2O3/c1-3-18-12(17)10-11(16)15(2)8-6-4-5-7(13)9(8)14-10/h4-6H,3H2,1-2H3. The highest BCUT2D eigenvalue weighted by Crippen LogP contribution is 2.19. The van der Waals surface area contributed by atoms with Crippen LogP contribution >= 0.6 is 11.6 Å². The van der Waals surface area contributed by atoms with Crippen LogP contribution in [0.2, 0.25) is 5.02 Å². The molecule has 0 aliphatic heterocycles. The minimum absolute atomic E-state index is 0.185. The number of aryl methyl sites for hydroxylation is 1. The number of halogens is 1. The quantitative estimate of drug-likeness (QED) is 0.777. The predicted molar refractivity (Wildman–Crippen MR) is 68.0 cm³/mol. The Hall–Kier alpha value is -1.88. The van der Waals surface area contributed by atoms with Crippen LogP contribution in [0.4, 0.5) is 0 Å². The van der Waals surface area contributed by atoms with Gasteiger partial charge >= 0.3 is 5.97 Å². The molecule has 18 heavy (non-hydrogen) atoms. The number of nitrogens with zero attached hydrogens (tertiary/aromatic N) is 2. The second-order valence-corrected chi connectivity index (χ2v) is 4.06. The zero-order chi connectivity index (χ0) is 13.3. The zero-order valence-corrected chi connectivity index (χ0v) is 10.7. The molecule has 2 rings (SSSR count). The van der Waals surface area contributed by atoms with Gasteiger partial charge in [0.2, 0.25) is 5.69 Å². The van der Waals surface area contributed by atoms with Crippen molar-refractivity contribution in [3.63, 3.8) is 0 Å². The van der Waals surface area contributed by atoms with Crippen LogP contribution < -0.4 is 5.56 Å². The number of hydrogen-bond acceptors (Lipinski definition) is 4. The number of benzene rings is 1. The van der Waals surface area contributed by atoms with Crippen LogP contribution in [0.1, 0.15) is 17.4 Å². The number of carbonyl (C=O) groups excluding carboxylic acids is 1. The lowest BCUT2D eigenvalue weighted by Gasteiger charge is -2.08. The molecule has 0 fully saturated rings. The highest BCUT2D eigenvalue weighted by atomic mass is 35.5. The van der Waals surface area contributed by atoms with E-state index in [1.165, 1.54) is 4.57 Å². The van der Waals surface area contributed by atoms with Gasteiger partial charge in [0.1, 0.15) is 5.52 Å². The van der Waals surface area contributed by atoms with Gasteiger partial charge in [0.15, 0.2) is 0 Å². The van der Waals surface area contributed by atoms with Crippen molar-refractivity contribution in [2.24, 2.45) is 7.05 Å². The molecule has 0 atom stereocenters.